The zero-order chi connectivity index (χ0) is 8.53. The van der Waals surface area contributed by atoms with E-state index in [1.165, 1.54) is 12.8 Å². The Morgan fingerprint density at radius 2 is 2.09 bits per heavy atom. The van der Waals surface area contributed by atoms with E-state index in [2.05, 4.69) is 12.2 Å². The van der Waals surface area contributed by atoms with Crippen LogP contribution in [0.15, 0.2) is 12.2 Å². The lowest BCUT2D eigenvalue weighted by Gasteiger charge is -2.00. The zero-order valence-electron chi connectivity index (χ0n) is 7.55. The lowest BCUT2D eigenvalue weighted by Crippen LogP contribution is -1.94. The van der Waals surface area contributed by atoms with E-state index in [4.69, 9.17) is 0 Å². The van der Waals surface area contributed by atoms with E-state index in [9.17, 15) is 4.79 Å². The molecular formula is C10H18O. The summed E-state index contributed by atoms with van der Waals surface area (Å²) in [5, 5.41) is 0. The van der Waals surface area contributed by atoms with Gasteiger partial charge in [0.1, 0.15) is 6.29 Å². The van der Waals surface area contributed by atoms with Gasteiger partial charge in [-0.05, 0) is 26.2 Å². The van der Waals surface area contributed by atoms with Crippen molar-refractivity contribution in [2.24, 2.45) is 5.92 Å². The van der Waals surface area contributed by atoms with Gasteiger partial charge < -0.3 is 4.79 Å². The van der Waals surface area contributed by atoms with Crippen molar-refractivity contribution >= 4 is 6.29 Å². The normalized spacial score (nSPS) is 13.6. The Kier molecular flexibility index (Phi) is 7.11. The van der Waals surface area contributed by atoms with Crippen molar-refractivity contribution < 1.29 is 4.79 Å². The van der Waals surface area contributed by atoms with Gasteiger partial charge in [-0.25, -0.2) is 0 Å². The van der Waals surface area contributed by atoms with Crippen LogP contribution in [0.5, 0.6) is 0 Å². The van der Waals surface area contributed by atoms with E-state index < -0.39 is 0 Å². The van der Waals surface area contributed by atoms with Crippen LogP contribution >= 0.6 is 0 Å². The van der Waals surface area contributed by atoms with E-state index in [-0.39, 0.29) is 5.92 Å². The number of rotatable bonds is 6. The van der Waals surface area contributed by atoms with E-state index in [0.717, 1.165) is 19.1 Å². The fourth-order valence-corrected chi connectivity index (χ4v) is 0.963. The van der Waals surface area contributed by atoms with Crippen molar-refractivity contribution in [2.75, 3.05) is 0 Å². The Morgan fingerprint density at radius 1 is 1.36 bits per heavy atom. The number of hydrogen-bond donors (Lipinski definition) is 0. The van der Waals surface area contributed by atoms with Gasteiger partial charge in [-0.15, -0.1) is 0 Å². The second-order valence-corrected chi connectivity index (χ2v) is 2.97. The summed E-state index contributed by atoms with van der Waals surface area (Å²) in [6.07, 6.45) is 9.86. The Morgan fingerprint density at radius 3 is 2.64 bits per heavy atom. The van der Waals surface area contributed by atoms with Crippen molar-refractivity contribution in [1.29, 1.82) is 0 Å². The molecule has 1 unspecified atom stereocenters. The lowest BCUT2D eigenvalue weighted by molar-refractivity contribution is -0.110. The molecule has 0 aromatic rings. The maximum atomic E-state index is 10.2. The molecule has 0 rings (SSSR count). The third kappa shape index (κ3) is 7.31. The Balaban J connectivity index is 3.07. The summed E-state index contributed by atoms with van der Waals surface area (Å²) >= 11 is 0. The maximum Gasteiger partial charge on any atom is 0.122 e. The molecule has 0 saturated carbocycles. The predicted molar refractivity (Wildman–Crippen MR) is 48.5 cm³/mol. The minimum Gasteiger partial charge on any atom is -0.303 e. The third-order valence-electron chi connectivity index (χ3n) is 1.75. The molecule has 1 heteroatoms. The standard InChI is InChI=1S/C10H18O/c1-3-4-5-6-7-8-10(2)9-11/h3-4,9-10H,5-8H2,1-2H3. The van der Waals surface area contributed by atoms with Crippen molar-refractivity contribution in [3.8, 4) is 0 Å². The maximum absolute atomic E-state index is 10.2. The molecule has 0 N–H and O–H groups in total. The highest BCUT2D eigenvalue weighted by atomic mass is 16.1. The number of carbonyl (C=O) groups excluding carboxylic acids is 1. The first-order valence-corrected chi connectivity index (χ1v) is 4.37. The average molecular weight is 154 g/mol. The van der Waals surface area contributed by atoms with Gasteiger partial charge in [-0.3, -0.25) is 0 Å². The van der Waals surface area contributed by atoms with Crippen molar-refractivity contribution in [2.45, 2.75) is 39.5 Å². The molecule has 0 bridgehead atoms. The molecule has 0 aliphatic carbocycles. The fourth-order valence-electron chi connectivity index (χ4n) is 0.963. The van der Waals surface area contributed by atoms with E-state index in [1.54, 1.807) is 0 Å². The molecule has 64 valence electrons. The third-order valence-corrected chi connectivity index (χ3v) is 1.75. The highest BCUT2D eigenvalue weighted by Crippen LogP contribution is 2.06. The molecule has 0 aromatic heterocycles. The molecule has 0 aromatic carbocycles. The lowest BCUT2D eigenvalue weighted by atomic mass is 10.0. The monoisotopic (exact) mass is 154 g/mol. The van der Waals surface area contributed by atoms with Crippen LogP contribution in [0.2, 0.25) is 0 Å². The smallest absolute Gasteiger partial charge is 0.122 e. The van der Waals surface area contributed by atoms with Crippen molar-refractivity contribution in [1.82, 2.24) is 0 Å². The number of unbranched alkanes of at least 4 members (excludes halogenated alkanes) is 2. The Hall–Kier alpha value is -0.590. The van der Waals surface area contributed by atoms with E-state index >= 15 is 0 Å². The first kappa shape index (κ1) is 10.4. The minimum atomic E-state index is 0.251. The highest BCUT2D eigenvalue weighted by Gasteiger charge is 1.96. The van der Waals surface area contributed by atoms with Gasteiger partial charge in [-0.1, -0.05) is 25.5 Å². The highest BCUT2D eigenvalue weighted by molar-refractivity contribution is 5.52. The molecule has 0 heterocycles. The minimum absolute atomic E-state index is 0.251. The summed E-state index contributed by atoms with van der Waals surface area (Å²) < 4.78 is 0. The Labute approximate surface area is 69.5 Å². The van der Waals surface area contributed by atoms with Gasteiger partial charge in [0.25, 0.3) is 0 Å². The second kappa shape index (κ2) is 7.52. The van der Waals surface area contributed by atoms with Crippen LogP contribution in [0.3, 0.4) is 0 Å². The van der Waals surface area contributed by atoms with Crippen LogP contribution in [0.1, 0.15) is 39.5 Å². The van der Waals surface area contributed by atoms with Crippen LogP contribution in [-0.2, 0) is 4.79 Å². The number of carbonyl (C=O) groups is 1. The molecule has 0 fully saturated rings. The number of aldehydes is 1. The van der Waals surface area contributed by atoms with Gasteiger partial charge in [0.2, 0.25) is 0 Å². The Bertz CT molecular complexity index is 116. The van der Waals surface area contributed by atoms with E-state index in [1.807, 2.05) is 13.8 Å². The quantitative estimate of drug-likeness (QED) is 0.326. The van der Waals surface area contributed by atoms with Gasteiger partial charge in [0, 0.05) is 5.92 Å². The summed E-state index contributed by atoms with van der Waals surface area (Å²) in [4.78, 5) is 10.2. The number of allylic oxidation sites excluding steroid dienone is 2. The molecule has 11 heavy (non-hydrogen) atoms. The average Bonchev–Trinajstić information content (AvgIpc) is 2.04. The van der Waals surface area contributed by atoms with Gasteiger partial charge in [0.05, 0.1) is 0 Å². The van der Waals surface area contributed by atoms with Gasteiger partial charge in [-0.2, -0.15) is 0 Å². The molecule has 0 spiro atoms. The molecule has 0 aliphatic rings. The van der Waals surface area contributed by atoms with Crippen LogP contribution in [0.25, 0.3) is 0 Å². The largest absolute Gasteiger partial charge is 0.303 e. The molecule has 0 radical (unpaired) electrons. The molecule has 0 aliphatic heterocycles. The summed E-state index contributed by atoms with van der Waals surface area (Å²) in [5.74, 6) is 0.251. The summed E-state index contributed by atoms with van der Waals surface area (Å²) in [7, 11) is 0. The molecule has 0 saturated heterocycles. The molecule has 1 nitrogen and oxygen atoms in total. The topological polar surface area (TPSA) is 17.1 Å². The van der Waals surface area contributed by atoms with Gasteiger partial charge >= 0.3 is 0 Å². The van der Waals surface area contributed by atoms with Gasteiger partial charge in [0.15, 0.2) is 0 Å². The van der Waals surface area contributed by atoms with Crippen molar-refractivity contribution in [3.63, 3.8) is 0 Å². The second-order valence-electron chi connectivity index (χ2n) is 2.97. The predicted octanol–water partition coefficient (Wildman–Crippen LogP) is 2.96. The first-order chi connectivity index (χ1) is 5.31. The number of hydrogen-bond acceptors (Lipinski definition) is 1. The molecule has 1 atom stereocenters. The van der Waals surface area contributed by atoms with Crippen LogP contribution in [0, 0.1) is 5.92 Å². The van der Waals surface area contributed by atoms with Crippen LogP contribution in [-0.4, -0.2) is 6.29 Å². The van der Waals surface area contributed by atoms with Crippen LogP contribution in [0.4, 0.5) is 0 Å². The SMILES string of the molecule is CC=CCCCCC(C)C=O. The van der Waals surface area contributed by atoms with Crippen LogP contribution < -0.4 is 0 Å². The summed E-state index contributed by atoms with van der Waals surface area (Å²) in [6.45, 7) is 4.01. The fraction of sp³-hybridized carbons (Fsp3) is 0.700. The molecule has 0 amide bonds. The molecular weight excluding hydrogens is 136 g/mol. The summed E-state index contributed by atoms with van der Waals surface area (Å²) in [5.41, 5.74) is 0. The first-order valence-electron chi connectivity index (χ1n) is 4.37. The summed E-state index contributed by atoms with van der Waals surface area (Å²) in [6, 6.07) is 0. The van der Waals surface area contributed by atoms with Crippen molar-refractivity contribution in [3.05, 3.63) is 12.2 Å². The zero-order valence-corrected chi connectivity index (χ0v) is 7.55. The van der Waals surface area contributed by atoms with E-state index in [0.29, 0.717) is 0 Å².